The zero-order chi connectivity index (χ0) is 9.68. The zero-order valence-electron chi connectivity index (χ0n) is 6.89. The SMILES string of the molecule is C=CNOCc1c(Cl)cccc1Cl. The number of hydroxylamine groups is 1. The van der Waals surface area contributed by atoms with Crippen molar-refractivity contribution in [2.24, 2.45) is 0 Å². The first-order chi connectivity index (χ1) is 6.25. The van der Waals surface area contributed by atoms with Crippen LogP contribution in [0, 0.1) is 0 Å². The molecule has 2 nitrogen and oxygen atoms in total. The minimum absolute atomic E-state index is 0.310. The van der Waals surface area contributed by atoms with Crippen molar-refractivity contribution in [1.82, 2.24) is 5.48 Å². The molecule has 0 atom stereocenters. The molecule has 4 heteroatoms. The smallest absolute Gasteiger partial charge is 0.102 e. The van der Waals surface area contributed by atoms with Gasteiger partial charge in [0.1, 0.15) is 6.61 Å². The van der Waals surface area contributed by atoms with Crippen LogP contribution < -0.4 is 5.48 Å². The van der Waals surface area contributed by atoms with Gasteiger partial charge in [-0.25, -0.2) is 0 Å². The second-order valence-corrected chi connectivity index (χ2v) is 3.13. The summed E-state index contributed by atoms with van der Waals surface area (Å²) >= 11 is 11.8. The lowest BCUT2D eigenvalue weighted by Crippen LogP contribution is -2.06. The first kappa shape index (κ1) is 10.4. The number of nitrogens with one attached hydrogen (secondary N) is 1. The molecular formula is C9H9Cl2NO. The lowest BCUT2D eigenvalue weighted by molar-refractivity contribution is 0.0579. The predicted octanol–water partition coefficient (Wildman–Crippen LogP) is 3.16. The normalized spacial score (nSPS) is 9.69. The van der Waals surface area contributed by atoms with Gasteiger partial charge in [0, 0.05) is 21.8 Å². The van der Waals surface area contributed by atoms with Gasteiger partial charge < -0.3 is 0 Å². The molecule has 1 N–H and O–H groups in total. The van der Waals surface area contributed by atoms with Crippen LogP contribution in [0.3, 0.4) is 0 Å². The Morgan fingerprint density at radius 1 is 1.38 bits per heavy atom. The molecule has 0 fully saturated rings. The molecule has 1 aromatic carbocycles. The zero-order valence-corrected chi connectivity index (χ0v) is 8.40. The second-order valence-electron chi connectivity index (χ2n) is 2.31. The van der Waals surface area contributed by atoms with Gasteiger partial charge in [0.05, 0.1) is 0 Å². The summed E-state index contributed by atoms with van der Waals surface area (Å²) in [5.41, 5.74) is 3.26. The van der Waals surface area contributed by atoms with E-state index in [2.05, 4.69) is 12.1 Å². The molecule has 0 saturated heterocycles. The number of benzene rings is 1. The molecule has 0 bridgehead atoms. The first-order valence-corrected chi connectivity index (χ1v) is 4.42. The summed E-state index contributed by atoms with van der Waals surface area (Å²) < 4.78 is 0. The van der Waals surface area contributed by atoms with Gasteiger partial charge in [-0.15, -0.1) is 0 Å². The van der Waals surface area contributed by atoms with Gasteiger partial charge in [-0.2, -0.15) is 0 Å². The Balaban J connectivity index is 2.69. The van der Waals surface area contributed by atoms with Gasteiger partial charge in [-0.3, -0.25) is 10.3 Å². The van der Waals surface area contributed by atoms with E-state index in [9.17, 15) is 0 Å². The highest BCUT2D eigenvalue weighted by Crippen LogP contribution is 2.24. The van der Waals surface area contributed by atoms with Crippen molar-refractivity contribution in [3.05, 3.63) is 46.6 Å². The fraction of sp³-hybridized carbons (Fsp3) is 0.111. The molecule has 0 saturated carbocycles. The van der Waals surface area contributed by atoms with Crippen LogP contribution in [-0.4, -0.2) is 0 Å². The monoisotopic (exact) mass is 217 g/mol. The highest BCUT2D eigenvalue weighted by molar-refractivity contribution is 6.35. The molecule has 0 spiro atoms. The number of hydrogen-bond donors (Lipinski definition) is 1. The highest BCUT2D eigenvalue weighted by atomic mass is 35.5. The molecule has 70 valence electrons. The quantitative estimate of drug-likeness (QED) is 0.619. The van der Waals surface area contributed by atoms with E-state index in [0.717, 1.165) is 5.56 Å². The Bertz CT molecular complexity index is 281. The van der Waals surface area contributed by atoms with Crippen LogP contribution in [0.15, 0.2) is 31.0 Å². The molecule has 0 aliphatic heterocycles. The van der Waals surface area contributed by atoms with Crippen molar-refractivity contribution in [2.75, 3.05) is 0 Å². The Labute approximate surface area is 87.1 Å². The summed E-state index contributed by atoms with van der Waals surface area (Å²) in [4.78, 5) is 4.99. The molecule has 1 rings (SSSR count). The maximum atomic E-state index is 5.89. The van der Waals surface area contributed by atoms with E-state index in [1.165, 1.54) is 6.20 Å². The van der Waals surface area contributed by atoms with Gasteiger partial charge in [0.25, 0.3) is 0 Å². The molecule has 0 aliphatic rings. The molecule has 0 aliphatic carbocycles. The van der Waals surface area contributed by atoms with E-state index in [4.69, 9.17) is 28.0 Å². The molecule has 0 radical (unpaired) electrons. The maximum Gasteiger partial charge on any atom is 0.102 e. The van der Waals surface area contributed by atoms with Crippen LogP contribution in [0.5, 0.6) is 0 Å². The summed E-state index contributed by atoms with van der Waals surface area (Å²) in [6.45, 7) is 3.74. The molecule has 1 aromatic rings. The van der Waals surface area contributed by atoms with Crippen LogP contribution >= 0.6 is 23.2 Å². The summed E-state index contributed by atoms with van der Waals surface area (Å²) in [6, 6.07) is 5.31. The fourth-order valence-electron chi connectivity index (χ4n) is 0.843. The van der Waals surface area contributed by atoms with E-state index in [1.54, 1.807) is 18.2 Å². The van der Waals surface area contributed by atoms with Crippen LogP contribution in [-0.2, 0) is 11.4 Å². The molecule has 0 unspecified atom stereocenters. The molecule has 0 amide bonds. The molecule has 0 heterocycles. The van der Waals surface area contributed by atoms with Gasteiger partial charge in [0.15, 0.2) is 0 Å². The highest BCUT2D eigenvalue weighted by Gasteiger charge is 2.04. The number of hydrogen-bond acceptors (Lipinski definition) is 2. The Morgan fingerprint density at radius 3 is 2.54 bits per heavy atom. The van der Waals surface area contributed by atoms with Crippen molar-refractivity contribution in [1.29, 1.82) is 0 Å². The van der Waals surface area contributed by atoms with Crippen molar-refractivity contribution < 1.29 is 4.84 Å². The summed E-state index contributed by atoms with van der Waals surface area (Å²) in [7, 11) is 0. The number of rotatable bonds is 4. The molecule has 13 heavy (non-hydrogen) atoms. The number of halogens is 2. The maximum absolute atomic E-state index is 5.89. The third-order valence-electron chi connectivity index (χ3n) is 1.44. The molecule has 0 aromatic heterocycles. The Hall–Kier alpha value is -0.700. The van der Waals surface area contributed by atoms with E-state index < -0.39 is 0 Å². The van der Waals surface area contributed by atoms with Crippen LogP contribution in [0.4, 0.5) is 0 Å². The van der Waals surface area contributed by atoms with E-state index in [-0.39, 0.29) is 0 Å². The fourth-order valence-corrected chi connectivity index (χ4v) is 1.35. The Kier molecular flexibility index (Phi) is 4.09. The van der Waals surface area contributed by atoms with E-state index >= 15 is 0 Å². The van der Waals surface area contributed by atoms with Gasteiger partial charge in [0.2, 0.25) is 0 Å². The topological polar surface area (TPSA) is 21.3 Å². The van der Waals surface area contributed by atoms with Crippen molar-refractivity contribution in [2.45, 2.75) is 6.61 Å². The van der Waals surface area contributed by atoms with Gasteiger partial charge in [-0.1, -0.05) is 35.8 Å². The average molecular weight is 218 g/mol. The van der Waals surface area contributed by atoms with Crippen LogP contribution in [0.1, 0.15) is 5.56 Å². The van der Waals surface area contributed by atoms with Crippen molar-refractivity contribution in [3.63, 3.8) is 0 Å². The average Bonchev–Trinajstić information content (AvgIpc) is 2.10. The minimum atomic E-state index is 0.310. The van der Waals surface area contributed by atoms with Gasteiger partial charge >= 0.3 is 0 Å². The largest absolute Gasteiger partial charge is 0.275 e. The second kappa shape index (κ2) is 5.12. The predicted molar refractivity (Wildman–Crippen MR) is 54.6 cm³/mol. The van der Waals surface area contributed by atoms with E-state index in [0.29, 0.717) is 16.7 Å². The minimum Gasteiger partial charge on any atom is -0.275 e. The van der Waals surface area contributed by atoms with Crippen molar-refractivity contribution >= 4 is 23.2 Å². The third-order valence-corrected chi connectivity index (χ3v) is 2.15. The molecular weight excluding hydrogens is 209 g/mol. The Morgan fingerprint density at radius 2 is 2.00 bits per heavy atom. The lowest BCUT2D eigenvalue weighted by atomic mass is 10.2. The van der Waals surface area contributed by atoms with Gasteiger partial charge in [-0.05, 0) is 12.1 Å². The van der Waals surface area contributed by atoms with Crippen LogP contribution in [0.2, 0.25) is 10.0 Å². The standard InChI is InChI=1S/C9H9Cl2NO/c1-2-12-13-6-7-8(10)4-3-5-9(7)11/h2-5,12H,1,6H2. The first-order valence-electron chi connectivity index (χ1n) is 3.67. The van der Waals surface area contributed by atoms with Crippen LogP contribution in [0.25, 0.3) is 0 Å². The summed E-state index contributed by atoms with van der Waals surface area (Å²) in [6.07, 6.45) is 1.44. The summed E-state index contributed by atoms with van der Waals surface area (Å²) in [5, 5.41) is 1.19. The lowest BCUT2D eigenvalue weighted by Gasteiger charge is -2.06. The van der Waals surface area contributed by atoms with E-state index in [1.807, 2.05) is 0 Å². The third kappa shape index (κ3) is 2.92. The van der Waals surface area contributed by atoms with Crippen molar-refractivity contribution in [3.8, 4) is 0 Å². The summed E-state index contributed by atoms with van der Waals surface area (Å²) in [5.74, 6) is 0.